The smallest absolute Gasteiger partial charge is 0.163 e. The van der Waals surface area contributed by atoms with Gasteiger partial charge in [-0.05, 0) is 77.9 Å². The summed E-state index contributed by atoms with van der Waals surface area (Å²) in [6, 6.07) is 5.21. The third-order valence-corrected chi connectivity index (χ3v) is 8.64. The lowest BCUT2D eigenvalue weighted by atomic mass is 9.88. The molecule has 8 nitrogen and oxygen atoms in total. The molecule has 1 saturated carbocycles. The lowest BCUT2D eigenvalue weighted by Crippen LogP contribution is -2.42. The summed E-state index contributed by atoms with van der Waals surface area (Å²) in [7, 11) is 1.73. The number of nitrogens with zero attached hydrogens (tertiary/aromatic N) is 4. The average Bonchev–Trinajstić information content (AvgIpc) is 3.45. The summed E-state index contributed by atoms with van der Waals surface area (Å²) >= 11 is 0. The molecule has 1 aromatic heterocycles. The summed E-state index contributed by atoms with van der Waals surface area (Å²) in [4.78, 5) is 15.4. The first kappa shape index (κ1) is 28.8. The van der Waals surface area contributed by atoms with Gasteiger partial charge in [0.1, 0.15) is 11.6 Å². The predicted octanol–water partition coefficient (Wildman–Crippen LogP) is 5.01. The van der Waals surface area contributed by atoms with Gasteiger partial charge in [0.15, 0.2) is 11.5 Å². The van der Waals surface area contributed by atoms with E-state index in [9.17, 15) is 0 Å². The minimum Gasteiger partial charge on any atom is -0.493 e. The Balaban J connectivity index is 0.00000336. The van der Waals surface area contributed by atoms with Crippen molar-refractivity contribution in [3.05, 3.63) is 18.0 Å². The molecule has 1 aliphatic carbocycles. The van der Waals surface area contributed by atoms with Gasteiger partial charge in [0.25, 0.3) is 0 Å². The van der Waals surface area contributed by atoms with Crippen LogP contribution in [0, 0.1) is 0 Å². The molecule has 212 valence electrons. The number of hydrogen-bond donors (Lipinski definition) is 1. The Labute approximate surface area is 228 Å². The number of fused-ring (bicyclic) bond motifs is 1. The van der Waals surface area contributed by atoms with Crippen LogP contribution in [-0.2, 0) is 0 Å². The Kier molecular flexibility index (Phi) is 10.4. The van der Waals surface area contributed by atoms with Crippen LogP contribution in [0.4, 0.5) is 5.82 Å². The molecule has 2 aliphatic heterocycles. The van der Waals surface area contributed by atoms with Crippen LogP contribution < -0.4 is 14.8 Å². The molecule has 3 fully saturated rings. The summed E-state index contributed by atoms with van der Waals surface area (Å²) in [5, 5.41) is 4.87. The zero-order chi connectivity index (χ0) is 25.6. The van der Waals surface area contributed by atoms with Crippen LogP contribution in [0.25, 0.3) is 10.9 Å². The van der Waals surface area contributed by atoms with E-state index in [0.29, 0.717) is 24.6 Å². The van der Waals surface area contributed by atoms with Gasteiger partial charge >= 0.3 is 0 Å². The Morgan fingerprint density at radius 2 is 1.66 bits per heavy atom. The molecule has 3 aliphatic rings. The van der Waals surface area contributed by atoms with Gasteiger partial charge in [-0.3, -0.25) is 0 Å². The fraction of sp³-hybridized carbons (Fsp3) is 0.733. The zero-order valence-corrected chi connectivity index (χ0v) is 23.8. The lowest BCUT2D eigenvalue weighted by Gasteiger charge is -2.35. The maximum absolute atomic E-state index is 6.27. The normalized spacial score (nSPS) is 20.1. The van der Waals surface area contributed by atoms with E-state index in [0.717, 1.165) is 72.9 Å². The van der Waals surface area contributed by atoms with Gasteiger partial charge in [-0.25, -0.2) is 9.97 Å². The minimum absolute atomic E-state index is 0. The number of hydrogen-bond acceptors (Lipinski definition) is 7. The van der Waals surface area contributed by atoms with Gasteiger partial charge in [0, 0.05) is 49.1 Å². The van der Waals surface area contributed by atoms with Crippen LogP contribution in [0.5, 0.6) is 11.5 Å². The second-order valence-corrected chi connectivity index (χ2v) is 11.6. The van der Waals surface area contributed by atoms with E-state index in [1.807, 2.05) is 0 Å². The molecule has 0 bridgehead atoms. The second kappa shape index (κ2) is 13.8. The van der Waals surface area contributed by atoms with E-state index >= 15 is 0 Å². The molecule has 38 heavy (non-hydrogen) atoms. The van der Waals surface area contributed by atoms with E-state index in [2.05, 4.69) is 41.1 Å². The monoisotopic (exact) mass is 527 g/mol. The fourth-order valence-electron chi connectivity index (χ4n) is 6.31. The Morgan fingerprint density at radius 1 is 0.921 bits per heavy atom. The number of nitrogens with one attached hydrogen (secondary N) is 1. The van der Waals surface area contributed by atoms with Crippen LogP contribution in [0.1, 0.15) is 89.8 Å². The topological polar surface area (TPSA) is 94.2 Å². The summed E-state index contributed by atoms with van der Waals surface area (Å²) in [5.74, 6) is 3.97. The third kappa shape index (κ3) is 7.07. The van der Waals surface area contributed by atoms with Crippen LogP contribution in [0.15, 0.2) is 12.1 Å². The summed E-state index contributed by atoms with van der Waals surface area (Å²) in [6.07, 6.45) is 12.2. The van der Waals surface area contributed by atoms with E-state index in [1.54, 1.807) is 7.11 Å². The third-order valence-electron chi connectivity index (χ3n) is 8.64. The van der Waals surface area contributed by atoms with Crippen molar-refractivity contribution in [3.8, 4) is 11.5 Å². The van der Waals surface area contributed by atoms with Crippen LogP contribution in [-0.4, -0.2) is 83.8 Å². The summed E-state index contributed by atoms with van der Waals surface area (Å²) in [6.45, 7) is 11.1. The van der Waals surface area contributed by atoms with Gasteiger partial charge in [-0.1, -0.05) is 19.3 Å². The molecule has 1 aromatic carbocycles. The van der Waals surface area contributed by atoms with Crippen molar-refractivity contribution in [1.29, 1.82) is 0 Å². The molecule has 0 unspecified atom stereocenters. The molecule has 0 atom stereocenters. The SMILES string of the molecule is COc1cc2c(NC3CCN(C(C)C)CC3)nc(C3CCCCC3)nc2cc1OCCCN1CCCC1.O. The van der Waals surface area contributed by atoms with Gasteiger partial charge in [0.05, 0.1) is 19.2 Å². The Hall–Kier alpha value is -2.16. The fourth-order valence-corrected chi connectivity index (χ4v) is 6.31. The van der Waals surface area contributed by atoms with Gasteiger partial charge in [-0.15, -0.1) is 0 Å². The first-order valence-corrected chi connectivity index (χ1v) is 14.9. The highest BCUT2D eigenvalue weighted by molar-refractivity contribution is 5.92. The molecule has 8 heteroatoms. The van der Waals surface area contributed by atoms with Crippen LogP contribution in [0.3, 0.4) is 0 Å². The van der Waals surface area contributed by atoms with Gasteiger partial charge in [0.2, 0.25) is 0 Å². The van der Waals surface area contributed by atoms with Gasteiger partial charge in [-0.2, -0.15) is 0 Å². The van der Waals surface area contributed by atoms with E-state index in [1.165, 1.54) is 58.0 Å². The van der Waals surface area contributed by atoms with Crippen molar-refractivity contribution in [2.24, 2.45) is 0 Å². The number of benzene rings is 1. The summed E-state index contributed by atoms with van der Waals surface area (Å²) in [5.41, 5.74) is 0.966. The molecular weight excluding hydrogens is 478 g/mol. The highest BCUT2D eigenvalue weighted by Crippen LogP contribution is 2.38. The molecule has 3 N–H and O–H groups in total. The molecule has 0 radical (unpaired) electrons. The van der Waals surface area contributed by atoms with Crippen molar-refractivity contribution < 1.29 is 14.9 Å². The first-order valence-electron chi connectivity index (χ1n) is 14.9. The molecule has 2 aromatic rings. The van der Waals surface area contributed by atoms with E-state index < -0.39 is 0 Å². The quantitative estimate of drug-likeness (QED) is 0.434. The number of aromatic nitrogens is 2. The van der Waals surface area contributed by atoms with E-state index in [4.69, 9.17) is 19.4 Å². The van der Waals surface area contributed by atoms with Crippen molar-refractivity contribution in [2.75, 3.05) is 51.8 Å². The largest absolute Gasteiger partial charge is 0.493 e. The Bertz CT molecular complexity index is 1010. The van der Waals surface area contributed by atoms with Crippen LogP contribution >= 0.6 is 0 Å². The number of rotatable bonds is 10. The van der Waals surface area contributed by atoms with E-state index in [-0.39, 0.29) is 5.48 Å². The second-order valence-electron chi connectivity index (χ2n) is 11.6. The number of ether oxygens (including phenoxy) is 2. The molecule has 2 saturated heterocycles. The maximum atomic E-state index is 6.27. The highest BCUT2D eigenvalue weighted by atomic mass is 16.5. The van der Waals surface area contributed by atoms with Gasteiger partial charge < -0.3 is 30.1 Å². The first-order chi connectivity index (χ1) is 18.1. The van der Waals surface area contributed by atoms with Crippen LogP contribution in [0.2, 0.25) is 0 Å². The molecular formula is C30H49N5O3. The number of methoxy groups -OCH3 is 1. The molecule has 0 amide bonds. The molecule has 3 heterocycles. The number of piperidine rings is 1. The van der Waals surface area contributed by atoms with Crippen molar-refractivity contribution in [3.63, 3.8) is 0 Å². The molecule has 5 rings (SSSR count). The van der Waals surface area contributed by atoms with Crippen molar-refractivity contribution in [1.82, 2.24) is 19.8 Å². The number of likely N-dealkylation sites (tertiary alicyclic amines) is 2. The summed E-state index contributed by atoms with van der Waals surface area (Å²) < 4.78 is 12.1. The Morgan fingerprint density at radius 3 is 2.34 bits per heavy atom. The van der Waals surface area contributed by atoms with Crippen molar-refractivity contribution >= 4 is 16.7 Å². The minimum atomic E-state index is 0. The maximum Gasteiger partial charge on any atom is 0.163 e. The molecule has 0 spiro atoms. The predicted molar refractivity (Wildman–Crippen MR) is 155 cm³/mol. The number of anilines is 1. The van der Waals surface area contributed by atoms with Crippen molar-refractivity contribution in [2.45, 2.75) is 96.1 Å². The lowest BCUT2D eigenvalue weighted by molar-refractivity contribution is 0.177. The average molecular weight is 528 g/mol. The standard InChI is InChI=1S/C30H47N5O2.H2O/c1-22(2)35-17-12-24(13-18-35)31-30-25-20-27(36-3)28(37-19-9-16-34-14-7-8-15-34)21-26(25)32-29(33-30)23-10-5-4-6-11-23;/h20-24H,4-19H2,1-3H3,(H,31,32,33);1H2. The zero-order valence-electron chi connectivity index (χ0n) is 23.8. The highest BCUT2D eigenvalue weighted by Gasteiger charge is 2.25.